The molecule has 0 aliphatic rings. The van der Waals surface area contributed by atoms with Gasteiger partial charge in [-0.15, -0.1) is 23.1 Å². The first-order chi connectivity index (χ1) is 12.9. The van der Waals surface area contributed by atoms with E-state index in [-0.39, 0.29) is 11.8 Å². The molecule has 27 heavy (non-hydrogen) atoms. The molecule has 8 heteroatoms. The van der Waals surface area contributed by atoms with Crippen LogP contribution in [0.5, 0.6) is 0 Å². The van der Waals surface area contributed by atoms with Gasteiger partial charge in [0.25, 0.3) is 0 Å². The van der Waals surface area contributed by atoms with Gasteiger partial charge in [-0.2, -0.15) is 0 Å². The third kappa shape index (κ3) is 4.84. The van der Waals surface area contributed by atoms with Gasteiger partial charge in [0.05, 0.1) is 0 Å². The molecule has 0 unspecified atom stereocenters. The van der Waals surface area contributed by atoms with Gasteiger partial charge in [0.2, 0.25) is 11.8 Å². The number of hydrogen-bond acceptors (Lipinski definition) is 6. The fourth-order valence-electron chi connectivity index (χ4n) is 2.56. The number of aryl methyl sites for hydroxylation is 2. The van der Waals surface area contributed by atoms with E-state index in [2.05, 4.69) is 34.4 Å². The van der Waals surface area contributed by atoms with E-state index < -0.39 is 0 Å². The van der Waals surface area contributed by atoms with E-state index in [9.17, 15) is 9.59 Å². The van der Waals surface area contributed by atoms with E-state index in [1.165, 1.54) is 17.4 Å². The lowest BCUT2D eigenvalue weighted by Gasteiger charge is -2.07. The fourth-order valence-corrected chi connectivity index (χ4v) is 4.62. The molecule has 0 aliphatic heterocycles. The lowest BCUT2D eigenvalue weighted by molar-refractivity contribution is -0.116. The number of carbonyl (C=O) groups is 2. The van der Waals surface area contributed by atoms with Gasteiger partial charge in [-0.3, -0.25) is 9.59 Å². The topological polar surface area (TPSA) is 84.0 Å². The van der Waals surface area contributed by atoms with Gasteiger partial charge in [-0.1, -0.05) is 0 Å². The molecule has 2 amide bonds. The third-order valence-electron chi connectivity index (χ3n) is 3.99. The van der Waals surface area contributed by atoms with Crippen molar-refractivity contribution in [3.8, 4) is 0 Å². The van der Waals surface area contributed by atoms with Crippen molar-refractivity contribution in [1.82, 2.24) is 9.97 Å². The van der Waals surface area contributed by atoms with Crippen LogP contribution in [0.2, 0.25) is 0 Å². The number of nitrogens with one attached hydrogen (secondary N) is 2. The first-order valence-corrected chi connectivity index (χ1v) is 10.2. The molecule has 2 aromatic heterocycles. The minimum Gasteiger partial charge on any atom is -0.326 e. The zero-order chi connectivity index (χ0) is 19.4. The molecule has 0 bridgehead atoms. The van der Waals surface area contributed by atoms with Crippen LogP contribution in [-0.4, -0.2) is 27.5 Å². The zero-order valence-electron chi connectivity index (χ0n) is 15.3. The molecule has 140 valence electrons. The van der Waals surface area contributed by atoms with Crippen molar-refractivity contribution in [2.24, 2.45) is 0 Å². The molecule has 0 atom stereocenters. The molecular formula is C19H20N4O2S2. The Balaban J connectivity index is 1.55. The number of thioether (sulfide) groups is 1. The number of rotatable bonds is 6. The summed E-state index contributed by atoms with van der Waals surface area (Å²) in [5.41, 5.74) is 2.61. The molecule has 0 fully saturated rings. The summed E-state index contributed by atoms with van der Waals surface area (Å²) in [6.07, 6.45) is 1.96. The predicted octanol–water partition coefficient (Wildman–Crippen LogP) is 4.39. The maximum atomic E-state index is 12.2. The normalized spacial score (nSPS) is 10.8. The highest BCUT2D eigenvalue weighted by molar-refractivity contribution is 7.99. The number of benzene rings is 1. The molecule has 0 radical (unpaired) electrons. The SMILES string of the molecule is CC(=O)Nc1ccc(NC(=O)CCSc2ncnc3sc(C)c(C)c23)cc1. The Hall–Kier alpha value is -2.45. The Kier molecular flexibility index (Phi) is 6.08. The van der Waals surface area contributed by atoms with Gasteiger partial charge in [0, 0.05) is 40.7 Å². The average Bonchev–Trinajstić information content (AvgIpc) is 2.91. The standard InChI is InChI=1S/C19H20N4O2S2/c1-11-12(2)27-19-17(11)18(20-10-21-19)26-9-8-16(25)23-15-6-4-14(5-7-15)22-13(3)24/h4-7,10H,8-9H2,1-3H3,(H,22,24)(H,23,25). The van der Waals surface area contributed by atoms with Crippen molar-refractivity contribution in [3.05, 3.63) is 41.0 Å². The first-order valence-electron chi connectivity index (χ1n) is 8.45. The van der Waals surface area contributed by atoms with E-state index in [1.807, 2.05) is 0 Å². The van der Waals surface area contributed by atoms with Crippen LogP contribution in [-0.2, 0) is 9.59 Å². The summed E-state index contributed by atoms with van der Waals surface area (Å²) in [5, 5.41) is 7.58. The van der Waals surface area contributed by atoms with E-state index in [0.29, 0.717) is 23.5 Å². The summed E-state index contributed by atoms with van der Waals surface area (Å²) in [6, 6.07) is 7.04. The van der Waals surface area contributed by atoms with Crippen LogP contribution < -0.4 is 10.6 Å². The number of amides is 2. The molecular weight excluding hydrogens is 380 g/mol. The highest BCUT2D eigenvalue weighted by Crippen LogP contribution is 2.34. The monoisotopic (exact) mass is 400 g/mol. The average molecular weight is 401 g/mol. The highest BCUT2D eigenvalue weighted by Gasteiger charge is 2.13. The molecule has 2 N–H and O–H groups in total. The van der Waals surface area contributed by atoms with Gasteiger partial charge in [0.1, 0.15) is 16.2 Å². The molecule has 3 rings (SSSR count). The fraction of sp³-hybridized carbons (Fsp3) is 0.263. The first kappa shape index (κ1) is 19.3. The summed E-state index contributed by atoms with van der Waals surface area (Å²) >= 11 is 3.24. The smallest absolute Gasteiger partial charge is 0.225 e. The number of nitrogens with zero attached hydrogens (tertiary/aromatic N) is 2. The molecule has 2 heterocycles. The van der Waals surface area contributed by atoms with E-state index in [4.69, 9.17) is 0 Å². The number of anilines is 2. The zero-order valence-corrected chi connectivity index (χ0v) is 17.0. The third-order valence-corrected chi connectivity index (χ3v) is 6.09. The largest absolute Gasteiger partial charge is 0.326 e. The number of carbonyl (C=O) groups excluding carboxylic acids is 2. The molecule has 0 saturated heterocycles. The van der Waals surface area contributed by atoms with Crippen LogP contribution in [0.1, 0.15) is 23.8 Å². The molecule has 0 saturated carbocycles. The van der Waals surface area contributed by atoms with Crippen molar-refractivity contribution >= 4 is 56.5 Å². The number of fused-ring (bicyclic) bond motifs is 1. The van der Waals surface area contributed by atoms with Crippen LogP contribution in [0, 0.1) is 13.8 Å². The van der Waals surface area contributed by atoms with Gasteiger partial charge in [-0.25, -0.2) is 9.97 Å². The molecule has 0 spiro atoms. The van der Waals surface area contributed by atoms with Crippen LogP contribution >= 0.6 is 23.1 Å². The highest BCUT2D eigenvalue weighted by atomic mass is 32.2. The van der Waals surface area contributed by atoms with Crippen LogP contribution in [0.25, 0.3) is 10.2 Å². The summed E-state index contributed by atoms with van der Waals surface area (Å²) in [7, 11) is 0. The Morgan fingerprint density at radius 1 is 1.07 bits per heavy atom. The summed E-state index contributed by atoms with van der Waals surface area (Å²) in [4.78, 5) is 34.2. The van der Waals surface area contributed by atoms with Crippen molar-refractivity contribution < 1.29 is 9.59 Å². The lowest BCUT2D eigenvalue weighted by Crippen LogP contribution is -2.12. The Labute approximate surface area is 165 Å². The Morgan fingerprint density at radius 3 is 2.41 bits per heavy atom. The summed E-state index contributed by atoms with van der Waals surface area (Å²) < 4.78 is 0. The summed E-state index contributed by atoms with van der Waals surface area (Å²) in [6.45, 7) is 5.62. The van der Waals surface area contributed by atoms with Crippen molar-refractivity contribution in [2.45, 2.75) is 32.2 Å². The van der Waals surface area contributed by atoms with Crippen LogP contribution in [0.4, 0.5) is 11.4 Å². The van der Waals surface area contributed by atoms with E-state index >= 15 is 0 Å². The van der Waals surface area contributed by atoms with Gasteiger partial charge < -0.3 is 10.6 Å². The molecule has 1 aromatic carbocycles. The quantitative estimate of drug-likeness (QED) is 0.474. The number of thiophene rings is 1. The lowest BCUT2D eigenvalue weighted by atomic mass is 10.2. The summed E-state index contributed by atoms with van der Waals surface area (Å²) in [5.74, 6) is 0.452. The number of aromatic nitrogens is 2. The minimum atomic E-state index is -0.126. The Morgan fingerprint density at radius 2 is 1.74 bits per heavy atom. The predicted molar refractivity (Wildman–Crippen MR) is 112 cm³/mol. The maximum absolute atomic E-state index is 12.2. The second kappa shape index (κ2) is 8.49. The second-order valence-corrected chi connectivity index (χ2v) is 8.33. The second-order valence-electron chi connectivity index (χ2n) is 6.05. The Bertz CT molecular complexity index is 983. The van der Waals surface area contributed by atoms with Gasteiger partial charge >= 0.3 is 0 Å². The van der Waals surface area contributed by atoms with Gasteiger partial charge in [0.15, 0.2) is 0 Å². The van der Waals surface area contributed by atoms with Crippen molar-refractivity contribution in [1.29, 1.82) is 0 Å². The number of hydrogen-bond donors (Lipinski definition) is 2. The van der Waals surface area contributed by atoms with Crippen molar-refractivity contribution in [2.75, 3.05) is 16.4 Å². The van der Waals surface area contributed by atoms with E-state index in [1.54, 1.807) is 53.7 Å². The van der Waals surface area contributed by atoms with E-state index in [0.717, 1.165) is 15.2 Å². The maximum Gasteiger partial charge on any atom is 0.225 e. The minimum absolute atomic E-state index is 0.0571. The molecule has 6 nitrogen and oxygen atoms in total. The molecule has 0 aliphatic carbocycles. The molecule has 3 aromatic rings. The van der Waals surface area contributed by atoms with Gasteiger partial charge in [-0.05, 0) is 43.7 Å². The van der Waals surface area contributed by atoms with Crippen LogP contribution in [0.3, 0.4) is 0 Å². The van der Waals surface area contributed by atoms with Crippen LogP contribution in [0.15, 0.2) is 35.6 Å². The van der Waals surface area contributed by atoms with Crippen molar-refractivity contribution in [3.63, 3.8) is 0 Å².